The zero-order chi connectivity index (χ0) is 14.1. The van der Waals surface area contributed by atoms with E-state index in [1.165, 1.54) is 0 Å². The summed E-state index contributed by atoms with van der Waals surface area (Å²) < 4.78 is 1.88. The molecule has 0 aliphatic rings. The molecule has 0 amide bonds. The van der Waals surface area contributed by atoms with E-state index in [9.17, 15) is 4.79 Å². The van der Waals surface area contributed by atoms with Crippen molar-refractivity contribution in [1.82, 2.24) is 4.57 Å². The van der Waals surface area contributed by atoms with Gasteiger partial charge in [-0.15, -0.1) is 0 Å². The smallest absolute Gasteiger partial charge is 0.153 e. The van der Waals surface area contributed by atoms with E-state index in [0.29, 0.717) is 10.7 Å². The maximum Gasteiger partial charge on any atom is 0.153 e. The van der Waals surface area contributed by atoms with Crippen molar-refractivity contribution in [2.24, 2.45) is 0 Å². The van der Waals surface area contributed by atoms with Crippen molar-refractivity contribution in [3.8, 4) is 5.69 Å². The summed E-state index contributed by atoms with van der Waals surface area (Å²) in [6.07, 6.45) is 2.59. The standard InChI is InChI=1S/C17H12ClNO/c1-2-12-7-9-13(10-8-12)19-16-6-4-3-5-14(16)15(11-20)17(19)18/h2-11H,1H2. The zero-order valence-corrected chi connectivity index (χ0v) is 11.5. The third kappa shape index (κ3) is 1.86. The molecule has 3 heteroatoms. The molecule has 1 aromatic heterocycles. The van der Waals surface area contributed by atoms with Crippen LogP contribution in [-0.4, -0.2) is 10.9 Å². The largest absolute Gasteiger partial charge is 0.300 e. The van der Waals surface area contributed by atoms with Crippen LogP contribution in [0.3, 0.4) is 0 Å². The second-order valence-corrected chi connectivity index (χ2v) is 4.83. The molecule has 0 saturated heterocycles. The first-order chi connectivity index (χ1) is 9.76. The molecule has 2 aromatic carbocycles. The molecule has 0 aliphatic carbocycles. The van der Waals surface area contributed by atoms with Crippen molar-refractivity contribution in [2.75, 3.05) is 0 Å². The Balaban J connectivity index is 2.32. The molecular formula is C17H12ClNO. The Morgan fingerprint density at radius 3 is 2.40 bits per heavy atom. The summed E-state index contributed by atoms with van der Waals surface area (Å²) in [5.41, 5.74) is 3.41. The van der Waals surface area contributed by atoms with E-state index in [2.05, 4.69) is 6.58 Å². The number of hydrogen-bond acceptors (Lipinski definition) is 1. The predicted molar refractivity (Wildman–Crippen MR) is 83.8 cm³/mol. The topological polar surface area (TPSA) is 22.0 Å². The summed E-state index contributed by atoms with van der Waals surface area (Å²) in [5, 5.41) is 1.30. The van der Waals surface area contributed by atoms with E-state index in [-0.39, 0.29) is 0 Å². The second kappa shape index (κ2) is 4.99. The molecule has 2 nitrogen and oxygen atoms in total. The van der Waals surface area contributed by atoms with Crippen LogP contribution in [0, 0.1) is 0 Å². The minimum absolute atomic E-state index is 0.438. The van der Waals surface area contributed by atoms with Crippen molar-refractivity contribution < 1.29 is 4.79 Å². The molecule has 1 heterocycles. The fourth-order valence-electron chi connectivity index (χ4n) is 2.36. The highest BCUT2D eigenvalue weighted by Crippen LogP contribution is 2.31. The number of aldehydes is 1. The summed E-state index contributed by atoms with van der Waals surface area (Å²) in [6.45, 7) is 3.74. The van der Waals surface area contributed by atoms with Gasteiger partial charge in [-0.05, 0) is 23.8 Å². The molecule has 0 spiro atoms. The maximum absolute atomic E-state index is 11.3. The molecule has 0 unspecified atom stereocenters. The highest BCUT2D eigenvalue weighted by atomic mass is 35.5. The Labute approximate surface area is 121 Å². The third-order valence-electron chi connectivity index (χ3n) is 3.36. The quantitative estimate of drug-likeness (QED) is 0.636. The van der Waals surface area contributed by atoms with Gasteiger partial charge in [-0.25, -0.2) is 0 Å². The van der Waals surface area contributed by atoms with Gasteiger partial charge in [0.2, 0.25) is 0 Å². The number of halogens is 1. The van der Waals surface area contributed by atoms with Gasteiger partial charge in [0.15, 0.2) is 6.29 Å². The first kappa shape index (κ1) is 12.7. The molecule has 0 fully saturated rings. The molecule has 20 heavy (non-hydrogen) atoms. The number of fused-ring (bicyclic) bond motifs is 1. The van der Waals surface area contributed by atoms with Crippen LogP contribution in [0.2, 0.25) is 5.15 Å². The number of nitrogens with zero attached hydrogens (tertiary/aromatic N) is 1. The Morgan fingerprint density at radius 2 is 1.75 bits per heavy atom. The Morgan fingerprint density at radius 1 is 1.05 bits per heavy atom. The van der Waals surface area contributed by atoms with Crippen LogP contribution in [0.5, 0.6) is 0 Å². The zero-order valence-electron chi connectivity index (χ0n) is 10.7. The van der Waals surface area contributed by atoms with Gasteiger partial charge in [-0.1, -0.05) is 54.6 Å². The number of para-hydroxylation sites is 1. The Hall–Kier alpha value is -2.32. The molecule has 98 valence electrons. The van der Waals surface area contributed by atoms with Crippen LogP contribution in [0.15, 0.2) is 55.1 Å². The van der Waals surface area contributed by atoms with Crippen molar-refractivity contribution in [3.63, 3.8) is 0 Å². The van der Waals surface area contributed by atoms with Crippen LogP contribution in [0.4, 0.5) is 0 Å². The van der Waals surface area contributed by atoms with Gasteiger partial charge in [-0.3, -0.25) is 9.36 Å². The molecule has 0 N–H and O–H groups in total. The molecule has 0 aliphatic heterocycles. The summed E-state index contributed by atoms with van der Waals surface area (Å²) in [4.78, 5) is 11.3. The number of carbonyl (C=O) groups is 1. The van der Waals surface area contributed by atoms with E-state index < -0.39 is 0 Å². The molecule has 3 aromatic rings. The lowest BCUT2D eigenvalue weighted by Gasteiger charge is -2.07. The summed E-state index contributed by atoms with van der Waals surface area (Å²) >= 11 is 6.37. The monoisotopic (exact) mass is 281 g/mol. The van der Waals surface area contributed by atoms with E-state index >= 15 is 0 Å². The summed E-state index contributed by atoms with van der Waals surface area (Å²) in [7, 11) is 0. The van der Waals surface area contributed by atoms with Gasteiger partial charge < -0.3 is 0 Å². The van der Waals surface area contributed by atoms with Gasteiger partial charge in [0.25, 0.3) is 0 Å². The Bertz CT molecular complexity index is 800. The normalized spacial score (nSPS) is 10.7. The number of aromatic nitrogens is 1. The van der Waals surface area contributed by atoms with Gasteiger partial charge in [0.05, 0.1) is 11.1 Å². The SMILES string of the molecule is C=Cc1ccc(-n2c(Cl)c(C=O)c3ccccc32)cc1. The lowest BCUT2D eigenvalue weighted by atomic mass is 10.2. The predicted octanol–water partition coefficient (Wildman–Crippen LogP) is 4.74. The highest BCUT2D eigenvalue weighted by molar-refractivity contribution is 6.34. The van der Waals surface area contributed by atoms with E-state index in [1.807, 2.05) is 53.1 Å². The van der Waals surface area contributed by atoms with Crippen LogP contribution >= 0.6 is 11.6 Å². The third-order valence-corrected chi connectivity index (χ3v) is 3.73. The van der Waals surface area contributed by atoms with Crippen LogP contribution in [-0.2, 0) is 0 Å². The molecule has 0 bridgehead atoms. The van der Waals surface area contributed by atoms with Crippen molar-refractivity contribution in [1.29, 1.82) is 0 Å². The molecule has 0 atom stereocenters. The van der Waals surface area contributed by atoms with Crippen molar-refractivity contribution >= 4 is 34.9 Å². The fourth-order valence-corrected chi connectivity index (χ4v) is 2.69. The highest BCUT2D eigenvalue weighted by Gasteiger charge is 2.15. The van der Waals surface area contributed by atoms with Gasteiger partial charge in [0, 0.05) is 11.1 Å². The van der Waals surface area contributed by atoms with Gasteiger partial charge in [0.1, 0.15) is 5.15 Å². The number of benzene rings is 2. The molecule has 0 saturated carbocycles. The van der Waals surface area contributed by atoms with E-state index in [1.54, 1.807) is 6.08 Å². The minimum atomic E-state index is 0.438. The lowest BCUT2D eigenvalue weighted by molar-refractivity contribution is 0.112. The lowest BCUT2D eigenvalue weighted by Crippen LogP contribution is -1.94. The van der Waals surface area contributed by atoms with Crippen LogP contribution < -0.4 is 0 Å². The summed E-state index contributed by atoms with van der Waals surface area (Å²) in [5.74, 6) is 0. The summed E-state index contributed by atoms with van der Waals surface area (Å²) in [6, 6.07) is 15.5. The Kier molecular flexibility index (Phi) is 3.17. The number of hydrogen-bond donors (Lipinski definition) is 0. The van der Waals surface area contributed by atoms with Crippen molar-refractivity contribution in [2.45, 2.75) is 0 Å². The maximum atomic E-state index is 11.3. The minimum Gasteiger partial charge on any atom is -0.300 e. The van der Waals surface area contributed by atoms with Gasteiger partial charge >= 0.3 is 0 Å². The first-order valence-corrected chi connectivity index (χ1v) is 6.61. The second-order valence-electron chi connectivity index (χ2n) is 4.47. The van der Waals surface area contributed by atoms with E-state index in [0.717, 1.165) is 28.4 Å². The first-order valence-electron chi connectivity index (χ1n) is 6.23. The van der Waals surface area contributed by atoms with Crippen LogP contribution in [0.1, 0.15) is 15.9 Å². The fraction of sp³-hybridized carbons (Fsp3) is 0. The van der Waals surface area contributed by atoms with Gasteiger partial charge in [-0.2, -0.15) is 0 Å². The van der Waals surface area contributed by atoms with Crippen molar-refractivity contribution in [3.05, 3.63) is 71.4 Å². The molecular weight excluding hydrogens is 270 g/mol. The average molecular weight is 282 g/mol. The number of carbonyl (C=O) groups excluding carboxylic acids is 1. The number of rotatable bonds is 3. The average Bonchev–Trinajstić information content (AvgIpc) is 2.79. The van der Waals surface area contributed by atoms with E-state index in [4.69, 9.17) is 11.6 Å². The molecule has 0 radical (unpaired) electrons. The van der Waals surface area contributed by atoms with Crippen LogP contribution in [0.25, 0.3) is 22.7 Å². The molecule has 3 rings (SSSR count).